The van der Waals surface area contributed by atoms with Gasteiger partial charge in [0.2, 0.25) is 0 Å². The van der Waals surface area contributed by atoms with E-state index in [0.29, 0.717) is 24.2 Å². The molecule has 0 aromatic heterocycles. The molecule has 25 heavy (non-hydrogen) atoms. The second-order valence-electron chi connectivity index (χ2n) is 7.44. The lowest BCUT2D eigenvalue weighted by atomic mass is 9.85. The van der Waals surface area contributed by atoms with Crippen molar-refractivity contribution in [1.29, 1.82) is 0 Å². The van der Waals surface area contributed by atoms with Crippen molar-refractivity contribution in [1.82, 2.24) is 0 Å². The SMILES string of the molecule is CCC(=O)Oc1cccc(Cc2ccccc2)c1C(=O)CC(C)(C)C. The summed E-state index contributed by atoms with van der Waals surface area (Å²) in [6.07, 6.45) is 1.30. The number of ketones is 1. The highest BCUT2D eigenvalue weighted by Crippen LogP contribution is 2.30. The third-order valence-corrected chi connectivity index (χ3v) is 3.83. The fraction of sp³-hybridized carbons (Fsp3) is 0.364. The molecule has 0 spiro atoms. The summed E-state index contributed by atoms with van der Waals surface area (Å²) >= 11 is 0. The van der Waals surface area contributed by atoms with Crippen LogP contribution in [0.4, 0.5) is 0 Å². The quantitative estimate of drug-likeness (QED) is 0.412. The van der Waals surface area contributed by atoms with E-state index in [0.717, 1.165) is 11.1 Å². The van der Waals surface area contributed by atoms with Crippen molar-refractivity contribution in [2.24, 2.45) is 5.41 Å². The van der Waals surface area contributed by atoms with Crippen LogP contribution in [0.2, 0.25) is 0 Å². The molecular formula is C22H26O3. The van der Waals surface area contributed by atoms with Gasteiger partial charge in [-0.2, -0.15) is 0 Å². The van der Waals surface area contributed by atoms with Crippen molar-refractivity contribution in [2.75, 3.05) is 0 Å². The highest BCUT2D eigenvalue weighted by Gasteiger charge is 2.24. The Labute approximate surface area is 150 Å². The molecule has 2 rings (SSSR count). The molecule has 0 heterocycles. The van der Waals surface area contributed by atoms with Gasteiger partial charge < -0.3 is 4.74 Å². The second kappa shape index (κ2) is 8.11. The van der Waals surface area contributed by atoms with E-state index in [4.69, 9.17) is 4.74 Å². The summed E-state index contributed by atoms with van der Waals surface area (Å²) < 4.78 is 5.45. The number of hydrogen-bond donors (Lipinski definition) is 0. The Morgan fingerprint density at radius 3 is 2.24 bits per heavy atom. The van der Waals surface area contributed by atoms with Crippen LogP contribution in [0.5, 0.6) is 5.75 Å². The number of carbonyl (C=O) groups excluding carboxylic acids is 2. The lowest BCUT2D eigenvalue weighted by Crippen LogP contribution is -2.17. The van der Waals surface area contributed by atoms with Gasteiger partial charge in [-0.15, -0.1) is 0 Å². The van der Waals surface area contributed by atoms with Crippen LogP contribution in [0.25, 0.3) is 0 Å². The van der Waals surface area contributed by atoms with Gasteiger partial charge in [-0.05, 0) is 29.0 Å². The Hall–Kier alpha value is -2.42. The van der Waals surface area contributed by atoms with Gasteiger partial charge >= 0.3 is 5.97 Å². The summed E-state index contributed by atoms with van der Waals surface area (Å²) in [5.41, 5.74) is 2.40. The molecule has 0 aliphatic heterocycles. The number of esters is 1. The molecule has 0 unspecified atom stereocenters. The highest BCUT2D eigenvalue weighted by molar-refractivity contribution is 6.01. The van der Waals surface area contributed by atoms with Crippen molar-refractivity contribution >= 4 is 11.8 Å². The highest BCUT2D eigenvalue weighted by atomic mass is 16.5. The maximum absolute atomic E-state index is 13.0. The lowest BCUT2D eigenvalue weighted by Gasteiger charge is -2.20. The zero-order valence-corrected chi connectivity index (χ0v) is 15.5. The third-order valence-electron chi connectivity index (χ3n) is 3.83. The van der Waals surface area contributed by atoms with Crippen LogP contribution in [0.1, 0.15) is 62.0 Å². The standard InChI is InChI=1S/C22H26O3/c1-5-20(24)25-19-13-9-12-17(14-16-10-7-6-8-11-16)21(19)18(23)15-22(2,3)4/h6-13H,5,14-15H2,1-4H3. The Bertz CT molecular complexity index is 740. The van der Waals surface area contributed by atoms with Crippen LogP contribution in [-0.4, -0.2) is 11.8 Å². The van der Waals surface area contributed by atoms with Crippen molar-refractivity contribution < 1.29 is 14.3 Å². The fourth-order valence-electron chi connectivity index (χ4n) is 2.71. The molecule has 0 bridgehead atoms. The molecule has 2 aromatic rings. The molecule has 0 aliphatic rings. The van der Waals surface area contributed by atoms with Crippen LogP contribution < -0.4 is 4.74 Å². The van der Waals surface area contributed by atoms with Crippen molar-refractivity contribution in [3.8, 4) is 5.75 Å². The molecule has 2 aromatic carbocycles. The van der Waals surface area contributed by atoms with Gasteiger partial charge in [-0.3, -0.25) is 9.59 Å². The minimum Gasteiger partial charge on any atom is -0.426 e. The van der Waals surface area contributed by atoms with Gasteiger partial charge in [0.25, 0.3) is 0 Å². The monoisotopic (exact) mass is 338 g/mol. The summed E-state index contributed by atoms with van der Waals surface area (Å²) in [5, 5.41) is 0. The summed E-state index contributed by atoms with van der Waals surface area (Å²) in [4.78, 5) is 24.7. The third kappa shape index (κ3) is 5.56. The number of Topliss-reactive ketones (excluding diaryl/α,β-unsaturated/α-hetero) is 1. The number of ether oxygens (including phenoxy) is 1. The molecule has 0 aliphatic carbocycles. The predicted molar refractivity (Wildman–Crippen MR) is 100 cm³/mol. The van der Waals surface area contributed by atoms with E-state index < -0.39 is 0 Å². The summed E-state index contributed by atoms with van der Waals surface area (Å²) in [6, 6.07) is 15.5. The Balaban J connectivity index is 2.45. The molecular weight excluding hydrogens is 312 g/mol. The van der Waals surface area contributed by atoms with Crippen molar-refractivity contribution in [3.63, 3.8) is 0 Å². The Morgan fingerprint density at radius 1 is 0.960 bits per heavy atom. The topological polar surface area (TPSA) is 43.4 Å². The van der Waals surface area contributed by atoms with E-state index in [1.54, 1.807) is 13.0 Å². The molecule has 0 saturated heterocycles. The largest absolute Gasteiger partial charge is 0.426 e. The number of rotatable bonds is 6. The zero-order valence-electron chi connectivity index (χ0n) is 15.5. The average Bonchev–Trinajstić information content (AvgIpc) is 2.54. The van der Waals surface area contributed by atoms with Crippen LogP contribution in [0.3, 0.4) is 0 Å². The first-order valence-electron chi connectivity index (χ1n) is 8.70. The van der Waals surface area contributed by atoms with E-state index in [1.165, 1.54) is 0 Å². The zero-order chi connectivity index (χ0) is 18.4. The van der Waals surface area contributed by atoms with Gasteiger partial charge in [0, 0.05) is 12.8 Å². The molecule has 3 heteroatoms. The molecule has 0 fully saturated rings. The van der Waals surface area contributed by atoms with Gasteiger partial charge in [0.15, 0.2) is 5.78 Å². The average molecular weight is 338 g/mol. The van der Waals surface area contributed by atoms with Gasteiger partial charge in [-0.25, -0.2) is 0 Å². The molecule has 3 nitrogen and oxygen atoms in total. The first-order valence-corrected chi connectivity index (χ1v) is 8.70. The van der Waals surface area contributed by atoms with E-state index in [1.807, 2.05) is 63.2 Å². The van der Waals surface area contributed by atoms with E-state index in [9.17, 15) is 9.59 Å². The van der Waals surface area contributed by atoms with Crippen LogP contribution in [-0.2, 0) is 11.2 Å². The lowest BCUT2D eigenvalue weighted by molar-refractivity contribution is -0.134. The Morgan fingerprint density at radius 2 is 1.64 bits per heavy atom. The van der Waals surface area contributed by atoms with Gasteiger partial charge in [0.05, 0.1) is 5.56 Å². The number of carbonyl (C=O) groups is 2. The second-order valence-corrected chi connectivity index (χ2v) is 7.44. The normalized spacial score (nSPS) is 11.2. The van der Waals surface area contributed by atoms with E-state index in [2.05, 4.69) is 0 Å². The van der Waals surface area contributed by atoms with Crippen LogP contribution in [0, 0.1) is 5.41 Å². The molecule has 132 valence electrons. The minimum atomic E-state index is -0.332. The molecule has 0 N–H and O–H groups in total. The van der Waals surface area contributed by atoms with Gasteiger partial charge in [-0.1, -0.05) is 70.2 Å². The molecule has 0 saturated carbocycles. The maximum Gasteiger partial charge on any atom is 0.310 e. The number of hydrogen-bond acceptors (Lipinski definition) is 3. The summed E-state index contributed by atoms with van der Waals surface area (Å²) in [7, 11) is 0. The van der Waals surface area contributed by atoms with E-state index >= 15 is 0 Å². The van der Waals surface area contributed by atoms with Crippen LogP contribution in [0.15, 0.2) is 48.5 Å². The Kier molecular flexibility index (Phi) is 6.13. The molecule has 0 atom stereocenters. The summed E-state index contributed by atoms with van der Waals surface area (Å²) in [6.45, 7) is 7.83. The van der Waals surface area contributed by atoms with Crippen molar-refractivity contribution in [2.45, 2.75) is 47.0 Å². The fourth-order valence-corrected chi connectivity index (χ4v) is 2.71. The first-order chi connectivity index (χ1) is 11.8. The van der Waals surface area contributed by atoms with Crippen LogP contribution >= 0.6 is 0 Å². The maximum atomic E-state index is 13.0. The molecule has 0 amide bonds. The molecule has 0 radical (unpaired) electrons. The smallest absolute Gasteiger partial charge is 0.310 e. The van der Waals surface area contributed by atoms with Crippen molar-refractivity contribution in [3.05, 3.63) is 65.2 Å². The minimum absolute atomic E-state index is 0.0120. The predicted octanol–water partition coefficient (Wildman–Crippen LogP) is 5.21. The van der Waals surface area contributed by atoms with E-state index in [-0.39, 0.29) is 23.6 Å². The first kappa shape index (κ1) is 18.9. The van der Waals surface area contributed by atoms with Gasteiger partial charge in [0.1, 0.15) is 5.75 Å². The summed E-state index contributed by atoms with van der Waals surface area (Å²) in [5.74, 6) is 0.0501. The number of benzene rings is 2.